The van der Waals surface area contributed by atoms with Crippen LogP contribution in [0.3, 0.4) is 0 Å². The van der Waals surface area contributed by atoms with Crippen LogP contribution in [0.4, 0.5) is 10.5 Å². The van der Waals surface area contributed by atoms with Crippen LogP contribution in [0.5, 0.6) is 0 Å². The molecule has 0 heterocycles. The molecule has 0 aliphatic carbocycles. The highest BCUT2D eigenvalue weighted by molar-refractivity contribution is 8.00. The number of thioether (sulfide) groups is 1. The van der Waals surface area contributed by atoms with Gasteiger partial charge in [0.15, 0.2) is 0 Å². The van der Waals surface area contributed by atoms with Crippen molar-refractivity contribution in [2.75, 3.05) is 11.1 Å². The standard InChI is InChI=1S/C19H21Cl2N3O2S/c1-12(2)24(10-13-7-8-14(20)15(21)9-13)19(26)23-16-5-3-4-6-17(16)27-11-18(22)25/h3-9,12H,10-11H2,1-2H3,(H2,22,25)(H,23,26). The van der Waals surface area contributed by atoms with Gasteiger partial charge < -0.3 is 16.0 Å². The molecule has 3 N–H and O–H groups in total. The molecule has 0 aliphatic rings. The van der Waals surface area contributed by atoms with Gasteiger partial charge in [0.1, 0.15) is 0 Å². The van der Waals surface area contributed by atoms with E-state index in [1.54, 1.807) is 23.1 Å². The monoisotopic (exact) mass is 425 g/mol. The molecule has 0 aliphatic heterocycles. The van der Waals surface area contributed by atoms with E-state index in [4.69, 9.17) is 28.9 Å². The highest BCUT2D eigenvalue weighted by atomic mass is 35.5. The van der Waals surface area contributed by atoms with Crippen molar-refractivity contribution in [2.45, 2.75) is 31.3 Å². The van der Waals surface area contributed by atoms with Crippen molar-refractivity contribution in [1.82, 2.24) is 4.90 Å². The lowest BCUT2D eigenvalue weighted by Crippen LogP contribution is -2.39. The first-order chi connectivity index (χ1) is 12.8. The van der Waals surface area contributed by atoms with E-state index in [1.165, 1.54) is 11.8 Å². The van der Waals surface area contributed by atoms with Crippen LogP contribution >= 0.6 is 35.0 Å². The van der Waals surface area contributed by atoms with Gasteiger partial charge in [-0.15, -0.1) is 11.8 Å². The number of hydrogen-bond acceptors (Lipinski definition) is 3. The van der Waals surface area contributed by atoms with E-state index in [1.807, 2.05) is 38.1 Å². The second-order valence-electron chi connectivity index (χ2n) is 6.15. The minimum Gasteiger partial charge on any atom is -0.369 e. The van der Waals surface area contributed by atoms with Crippen LogP contribution in [0.1, 0.15) is 19.4 Å². The van der Waals surface area contributed by atoms with Crippen LogP contribution in [0.25, 0.3) is 0 Å². The van der Waals surface area contributed by atoms with Crippen LogP contribution in [-0.2, 0) is 11.3 Å². The molecule has 2 aromatic carbocycles. The second-order valence-corrected chi connectivity index (χ2v) is 7.98. The molecule has 0 bridgehead atoms. The number of halogens is 2. The Morgan fingerprint density at radius 2 is 1.85 bits per heavy atom. The van der Waals surface area contributed by atoms with Crippen molar-refractivity contribution in [3.05, 3.63) is 58.1 Å². The highest BCUT2D eigenvalue weighted by Gasteiger charge is 2.19. The lowest BCUT2D eigenvalue weighted by molar-refractivity contribution is -0.115. The molecule has 0 saturated heterocycles. The number of hydrogen-bond donors (Lipinski definition) is 2. The molecule has 0 spiro atoms. The fourth-order valence-corrected chi connectivity index (χ4v) is 3.42. The number of para-hydroxylation sites is 1. The summed E-state index contributed by atoms with van der Waals surface area (Å²) in [5.74, 6) is -0.270. The maximum Gasteiger partial charge on any atom is 0.322 e. The summed E-state index contributed by atoms with van der Waals surface area (Å²) < 4.78 is 0. The Balaban J connectivity index is 2.15. The van der Waals surface area contributed by atoms with E-state index in [2.05, 4.69) is 5.32 Å². The van der Waals surface area contributed by atoms with Crippen LogP contribution in [-0.4, -0.2) is 28.6 Å². The van der Waals surface area contributed by atoms with Gasteiger partial charge in [0.2, 0.25) is 5.91 Å². The van der Waals surface area contributed by atoms with Gasteiger partial charge >= 0.3 is 6.03 Å². The third-order valence-corrected chi connectivity index (χ3v) is 5.55. The maximum atomic E-state index is 12.9. The summed E-state index contributed by atoms with van der Waals surface area (Å²) in [7, 11) is 0. The van der Waals surface area contributed by atoms with Crippen LogP contribution in [0.15, 0.2) is 47.4 Å². The molecule has 0 atom stereocenters. The lowest BCUT2D eigenvalue weighted by atomic mass is 10.2. The first kappa shape index (κ1) is 21.4. The summed E-state index contributed by atoms with van der Waals surface area (Å²) in [6.07, 6.45) is 0. The fourth-order valence-electron chi connectivity index (χ4n) is 2.36. The zero-order chi connectivity index (χ0) is 20.0. The Labute approximate surface area is 173 Å². The minimum atomic E-state index is -0.412. The SMILES string of the molecule is CC(C)N(Cc1ccc(Cl)c(Cl)c1)C(=O)Nc1ccccc1SCC(N)=O. The molecule has 3 amide bonds. The number of anilines is 1. The van der Waals surface area contributed by atoms with Crippen molar-refractivity contribution in [2.24, 2.45) is 5.73 Å². The molecular weight excluding hydrogens is 405 g/mol. The minimum absolute atomic E-state index is 0.0371. The fraction of sp³-hybridized carbons (Fsp3) is 0.263. The van der Waals surface area contributed by atoms with E-state index in [0.717, 1.165) is 10.5 Å². The number of nitrogens with zero attached hydrogens (tertiary/aromatic N) is 1. The molecular formula is C19H21Cl2N3O2S. The van der Waals surface area contributed by atoms with E-state index in [0.29, 0.717) is 22.3 Å². The quantitative estimate of drug-likeness (QED) is 0.611. The van der Waals surface area contributed by atoms with Crippen molar-refractivity contribution in [3.63, 3.8) is 0 Å². The number of urea groups is 1. The smallest absolute Gasteiger partial charge is 0.322 e. The average Bonchev–Trinajstić information content (AvgIpc) is 2.61. The molecule has 144 valence electrons. The number of nitrogens with one attached hydrogen (secondary N) is 1. The summed E-state index contributed by atoms with van der Waals surface area (Å²) in [5.41, 5.74) is 6.72. The van der Waals surface area contributed by atoms with E-state index in [9.17, 15) is 9.59 Å². The maximum absolute atomic E-state index is 12.9. The number of rotatable bonds is 7. The summed E-state index contributed by atoms with van der Waals surface area (Å²) in [6.45, 7) is 4.26. The third-order valence-electron chi connectivity index (χ3n) is 3.72. The summed E-state index contributed by atoms with van der Waals surface area (Å²) in [6, 6.07) is 12.3. The molecule has 0 saturated carbocycles. The number of benzene rings is 2. The van der Waals surface area contributed by atoms with Crippen molar-refractivity contribution >= 4 is 52.6 Å². The molecule has 8 heteroatoms. The Morgan fingerprint density at radius 1 is 1.15 bits per heavy atom. The van der Waals surface area contributed by atoms with Crippen LogP contribution < -0.4 is 11.1 Å². The normalized spacial score (nSPS) is 10.7. The van der Waals surface area contributed by atoms with Crippen LogP contribution in [0.2, 0.25) is 10.0 Å². The van der Waals surface area contributed by atoms with Crippen LogP contribution in [0, 0.1) is 0 Å². The van der Waals surface area contributed by atoms with Crippen molar-refractivity contribution in [3.8, 4) is 0 Å². The first-order valence-electron chi connectivity index (χ1n) is 8.29. The number of amides is 3. The third kappa shape index (κ3) is 6.34. The Kier molecular flexibility index (Phi) is 7.83. The summed E-state index contributed by atoms with van der Waals surface area (Å²) in [4.78, 5) is 26.4. The zero-order valence-corrected chi connectivity index (χ0v) is 17.4. The van der Waals surface area contributed by atoms with Gasteiger partial charge in [-0.25, -0.2) is 4.79 Å². The summed E-state index contributed by atoms with van der Waals surface area (Å²) in [5, 5.41) is 3.84. The summed E-state index contributed by atoms with van der Waals surface area (Å²) >= 11 is 13.3. The number of carbonyl (C=O) groups is 2. The van der Waals surface area contributed by atoms with Crippen molar-refractivity contribution in [1.29, 1.82) is 0 Å². The largest absolute Gasteiger partial charge is 0.369 e. The number of carbonyl (C=O) groups excluding carboxylic acids is 2. The molecule has 27 heavy (non-hydrogen) atoms. The van der Waals surface area contributed by atoms with Gasteiger partial charge in [0, 0.05) is 17.5 Å². The first-order valence-corrected chi connectivity index (χ1v) is 10.0. The van der Waals surface area contributed by atoms with E-state index >= 15 is 0 Å². The van der Waals surface area contributed by atoms with Gasteiger partial charge in [-0.2, -0.15) is 0 Å². The van der Waals surface area contributed by atoms with E-state index < -0.39 is 5.91 Å². The predicted molar refractivity (Wildman–Crippen MR) is 113 cm³/mol. The number of primary amides is 1. The van der Waals surface area contributed by atoms with Gasteiger partial charge in [-0.1, -0.05) is 41.4 Å². The predicted octanol–water partition coefficient (Wildman–Crippen LogP) is 5.01. The molecule has 2 rings (SSSR count). The Bertz CT molecular complexity index is 830. The molecule has 0 aromatic heterocycles. The lowest BCUT2D eigenvalue weighted by Gasteiger charge is -2.27. The topological polar surface area (TPSA) is 75.4 Å². The van der Waals surface area contributed by atoms with Gasteiger partial charge in [-0.05, 0) is 43.7 Å². The molecule has 5 nitrogen and oxygen atoms in total. The van der Waals surface area contributed by atoms with Crippen molar-refractivity contribution < 1.29 is 9.59 Å². The molecule has 2 aromatic rings. The molecule has 0 unspecified atom stereocenters. The van der Waals surface area contributed by atoms with Gasteiger partial charge in [0.05, 0.1) is 21.5 Å². The van der Waals surface area contributed by atoms with Gasteiger partial charge in [0.25, 0.3) is 0 Å². The van der Waals surface area contributed by atoms with E-state index in [-0.39, 0.29) is 17.8 Å². The molecule has 0 radical (unpaired) electrons. The second kappa shape index (κ2) is 9.88. The average molecular weight is 426 g/mol. The zero-order valence-electron chi connectivity index (χ0n) is 15.0. The molecule has 0 fully saturated rings. The highest BCUT2D eigenvalue weighted by Crippen LogP contribution is 2.28. The Morgan fingerprint density at radius 3 is 2.48 bits per heavy atom. The Hall–Kier alpha value is -1.89. The number of nitrogens with two attached hydrogens (primary N) is 1. The van der Waals surface area contributed by atoms with Gasteiger partial charge in [-0.3, -0.25) is 4.79 Å².